The molecule has 3 N–H and O–H groups in total. The number of pyridine rings is 1. The van der Waals surface area contributed by atoms with Crippen LogP contribution in [-0.2, 0) is 4.79 Å². The van der Waals surface area contributed by atoms with Crippen LogP contribution in [0.3, 0.4) is 0 Å². The Kier molecular flexibility index (Phi) is 5.69. The number of benzene rings is 2. The smallest absolute Gasteiger partial charge is 0.274 e. The van der Waals surface area contributed by atoms with Crippen molar-refractivity contribution in [1.29, 1.82) is 0 Å². The van der Waals surface area contributed by atoms with Gasteiger partial charge in [0.2, 0.25) is 5.91 Å². The standard InChI is InChI=1S/C22H22N4O2/c1-14-6-4-7-15(2)21(14)26-22(28)20-13-19(10-11-23-20)25-18-9-5-8-17(12-18)24-16(3)27/h4-13H,1-3H3,(H,23,25)(H,24,27)(H,26,28). The van der Waals surface area contributed by atoms with Gasteiger partial charge in [-0.1, -0.05) is 24.3 Å². The Morgan fingerprint density at radius 3 is 2.18 bits per heavy atom. The van der Waals surface area contributed by atoms with E-state index in [1.165, 1.54) is 6.92 Å². The van der Waals surface area contributed by atoms with Crippen LogP contribution in [0.15, 0.2) is 60.8 Å². The maximum absolute atomic E-state index is 12.6. The lowest BCUT2D eigenvalue weighted by atomic mass is 10.1. The third-order valence-corrected chi connectivity index (χ3v) is 4.18. The van der Waals surface area contributed by atoms with E-state index in [0.717, 1.165) is 28.2 Å². The first kappa shape index (κ1) is 19.1. The van der Waals surface area contributed by atoms with Crippen LogP contribution in [0.25, 0.3) is 0 Å². The van der Waals surface area contributed by atoms with Gasteiger partial charge in [-0.05, 0) is 55.3 Å². The largest absolute Gasteiger partial charge is 0.355 e. The number of hydrogen-bond donors (Lipinski definition) is 3. The molecule has 0 aliphatic heterocycles. The fraction of sp³-hybridized carbons (Fsp3) is 0.136. The number of carbonyl (C=O) groups is 2. The Morgan fingerprint density at radius 1 is 0.821 bits per heavy atom. The highest BCUT2D eigenvalue weighted by Gasteiger charge is 2.11. The van der Waals surface area contributed by atoms with Crippen molar-refractivity contribution in [2.75, 3.05) is 16.0 Å². The van der Waals surface area contributed by atoms with Gasteiger partial charge in [-0.3, -0.25) is 14.6 Å². The van der Waals surface area contributed by atoms with Crippen LogP contribution in [0, 0.1) is 13.8 Å². The fourth-order valence-corrected chi connectivity index (χ4v) is 2.87. The number of hydrogen-bond acceptors (Lipinski definition) is 4. The molecule has 0 bridgehead atoms. The second kappa shape index (κ2) is 8.35. The number of carbonyl (C=O) groups excluding carboxylic acids is 2. The summed E-state index contributed by atoms with van der Waals surface area (Å²) in [4.78, 5) is 28.1. The molecule has 2 amide bonds. The van der Waals surface area contributed by atoms with Gasteiger partial charge in [-0.25, -0.2) is 0 Å². The minimum atomic E-state index is -0.270. The monoisotopic (exact) mass is 374 g/mol. The second-order valence-electron chi connectivity index (χ2n) is 6.54. The normalized spacial score (nSPS) is 10.2. The molecule has 0 aliphatic carbocycles. The van der Waals surface area contributed by atoms with Crippen LogP contribution in [0.4, 0.5) is 22.7 Å². The van der Waals surface area contributed by atoms with Gasteiger partial charge in [-0.2, -0.15) is 0 Å². The van der Waals surface area contributed by atoms with Crippen molar-refractivity contribution in [3.8, 4) is 0 Å². The molecule has 0 saturated heterocycles. The maximum atomic E-state index is 12.6. The van der Waals surface area contributed by atoms with Crippen molar-refractivity contribution < 1.29 is 9.59 Å². The minimum absolute atomic E-state index is 0.133. The summed E-state index contributed by atoms with van der Waals surface area (Å²) in [6.07, 6.45) is 1.58. The molecule has 6 heteroatoms. The average Bonchev–Trinajstić information content (AvgIpc) is 2.65. The molecule has 2 aromatic carbocycles. The summed E-state index contributed by atoms with van der Waals surface area (Å²) in [6, 6.07) is 16.7. The van der Waals surface area contributed by atoms with Crippen LogP contribution in [0.2, 0.25) is 0 Å². The molecule has 3 rings (SSSR count). The highest BCUT2D eigenvalue weighted by Crippen LogP contribution is 2.22. The summed E-state index contributed by atoms with van der Waals surface area (Å²) in [5.74, 6) is -0.403. The van der Waals surface area contributed by atoms with Crippen LogP contribution in [-0.4, -0.2) is 16.8 Å². The number of rotatable bonds is 5. The van der Waals surface area contributed by atoms with E-state index >= 15 is 0 Å². The Morgan fingerprint density at radius 2 is 1.46 bits per heavy atom. The summed E-state index contributed by atoms with van der Waals surface area (Å²) >= 11 is 0. The maximum Gasteiger partial charge on any atom is 0.274 e. The first-order valence-corrected chi connectivity index (χ1v) is 8.90. The molecule has 1 heterocycles. The van der Waals surface area contributed by atoms with E-state index < -0.39 is 0 Å². The SMILES string of the molecule is CC(=O)Nc1cccc(Nc2ccnc(C(=O)Nc3c(C)cccc3C)c2)c1. The highest BCUT2D eigenvalue weighted by molar-refractivity contribution is 6.04. The number of amides is 2. The van der Waals surface area contributed by atoms with Crippen LogP contribution in [0.5, 0.6) is 0 Å². The molecule has 1 aromatic heterocycles. The number of aryl methyl sites for hydroxylation is 2. The van der Waals surface area contributed by atoms with Gasteiger partial charge in [0.25, 0.3) is 5.91 Å². The predicted octanol–water partition coefficient (Wildman–Crippen LogP) is 4.65. The molecule has 0 saturated carbocycles. The number of anilines is 4. The summed E-state index contributed by atoms with van der Waals surface area (Å²) in [5.41, 5.74) is 5.32. The Bertz CT molecular complexity index is 1010. The number of para-hydroxylation sites is 1. The third-order valence-electron chi connectivity index (χ3n) is 4.18. The third kappa shape index (κ3) is 4.73. The molecule has 0 aliphatic rings. The van der Waals surface area contributed by atoms with Gasteiger partial charge in [0.1, 0.15) is 5.69 Å². The average molecular weight is 374 g/mol. The zero-order chi connectivity index (χ0) is 20.1. The molecule has 0 radical (unpaired) electrons. The van der Waals surface area contributed by atoms with Gasteiger partial charge in [0.15, 0.2) is 0 Å². The highest BCUT2D eigenvalue weighted by atomic mass is 16.2. The van der Waals surface area contributed by atoms with Crippen molar-refractivity contribution in [3.05, 3.63) is 77.6 Å². The molecule has 28 heavy (non-hydrogen) atoms. The zero-order valence-corrected chi connectivity index (χ0v) is 16.0. The van der Waals surface area contributed by atoms with Crippen molar-refractivity contribution in [2.45, 2.75) is 20.8 Å². The molecule has 0 atom stereocenters. The van der Waals surface area contributed by atoms with Gasteiger partial charge < -0.3 is 16.0 Å². The topological polar surface area (TPSA) is 83.1 Å². The lowest BCUT2D eigenvalue weighted by molar-refractivity contribution is -0.114. The Hall–Kier alpha value is -3.67. The fourth-order valence-electron chi connectivity index (χ4n) is 2.87. The van der Waals surface area contributed by atoms with Gasteiger partial charge in [-0.15, -0.1) is 0 Å². The summed E-state index contributed by atoms with van der Waals surface area (Å²) in [6.45, 7) is 5.37. The lowest BCUT2D eigenvalue weighted by Gasteiger charge is -2.12. The summed E-state index contributed by atoms with van der Waals surface area (Å²) in [5, 5.41) is 8.91. The van der Waals surface area contributed by atoms with Crippen molar-refractivity contribution >= 4 is 34.6 Å². The van der Waals surface area contributed by atoms with Gasteiger partial charge in [0, 0.05) is 35.9 Å². The first-order valence-electron chi connectivity index (χ1n) is 8.90. The van der Waals surface area contributed by atoms with Crippen LogP contribution < -0.4 is 16.0 Å². The first-order chi connectivity index (χ1) is 13.4. The minimum Gasteiger partial charge on any atom is -0.355 e. The van der Waals surface area contributed by atoms with Crippen LogP contribution in [0.1, 0.15) is 28.5 Å². The predicted molar refractivity (Wildman–Crippen MR) is 112 cm³/mol. The quantitative estimate of drug-likeness (QED) is 0.607. The number of nitrogens with zero attached hydrogens (tertiary/aromatic N) is 1. The zero-order valence-electron chi connectivity index (χ0n) is 16.0. The van der Waals surface area contributed by atoms with E-state index in [-0.39, 0.29) is 11.8 Å². The molecule has 0 fully saturated rings. The molecule has 0 spiro atoms. The van der Waals surface area contributed by atoms with E-state index in [9.17, 15) is 9.59 Å². The Balaban J connectivity index is 1.77. The van der Waals surface area contributed by atoms with E-state index in [4.69, 9.17) is 0 Å². The van der Waals surface area contributed by atoms with E-state index in [1.807, 2.05) is 56.3 Å². The van der Waals surface area contributed by atoms with E-state index in [1.54, 1.807) is 18.3 Å². The van der Waals surface area contributed by atoms with Crippen molar-refractivity contribution in [1.82, 2.24) is 4.98 Å². The number of aromatic nitrogens is 1. The van der Waals surface area contributed by atoms with E-state index in [0.29, 0.717) is 11.4 Å². The molecule has 142 valence electrons. The Labute approximate surface area is 164 Å². The number of nitrogens with one attached hydrogen (secondary N) is 3. The lowest BCUT2D eigenvalue weighted by Crippen LogP contribution is -2.15. The second-order valence-corrected chi connectivity index (χ2v) is 6.54. The molecular weight excluding hydrogens is 352 g/mol. The van der Waals surface area contributed by atoms with Gasteiger partial charge >= 0.3 is 0 Å². The van der Waals surface area contributed by atoms with Crippen molar-refractivity contribution in [3.63, 3.8) is 0 Å². The van der Waals surface area contributed by atoms with E-state index in [2.05, 4.69) is 20.9 Å². The molecule has 6 nitrogen and oxygen atoms in total. The van der Waals surface area contributed by atoms with Crippen molar-refractivity contribution in [2.24, 2.45) is 0 Å². The molecule has 3 aromatic rings. The van der Waals surface area contributed by atoms with Crippen LogP contribution >= 0.6 is 0 Å². The van der Waals surface area contributed by atoms with Gasteiger partial charge in [0.05, 0.1) is 0 Å². The molecule has 0 unspecified atom stereocenters. The molecular formula is C22H22N4O2. The summed E-state index contributed by atoms with van der Waals surface area (Å²) < 4.78 is 0. The summed E-state index contributed by atoms with van der Waals surface area (Å²) in [7, 11) is 0.